The molecule has 0 bridgehead atoms. The van der Waals surface area contributed by atoms with Crippen molar-refractivity contribution in [3.63, 3.8) is 0 Å². The molecule has 22 heavy (non-hydrogen) atoms. The van der Waals surface area contributed by atoms with E-state index in [1.807, 2.05) is 12.1 Å². The molecule has 1 saturated heterocycles. The fraction of sp³-hybridized carbons (Fsp3) is 0.412. The summed E-state index contributed by atoms with van der Waals surface area (Å²) in [5.41, 5.74) is 3.50. The zero-order valence-electron chi connectivity index (χ0n) is 13.0. The number of hydrogen-bond acceptors (Lipinski definition) is 4. The van der Waals surface area contributed by atoms with Crippen LogP contribution < -0.4 is 4.90 Å². The zero-order chi connectivity index (χ0) is 15.1. The van der Waals surface area contributed by atoms with E-state index in [-0.39, 0.29) is 0 Å². The number of hydrogen-bond donors (Lipinski definition) is 0. The van der Waals surface area contributed by atoms with Crippen LogP contribution in [0.5, 0.6) is 0 Å². The lowest BCUT2D eigenvalue weighted by Gasteiger charge is -2.17. The fourth-order valence-corrected chi connectivity index (χ4v) is 3.37. The minimum atomic E-state index is 0.708. The summed E-state index contributed by atoms with van der Waals surface area (Å²) in [5.74, 6) is 2.03. The molecular weight excluding hydrogens is 276 g/mol. The van der Waals surface area contributed by atoms with Crippen LogP contribution in [0.4, 0.5) is 5.82 Å². The summed E-state index contributed by atoms with van der Waals surface area (Å²) in [4.78, 5) is 11.5. The van der Waals surface area contributed by atoms with Gasteiger partial charge < -0.3 is 13.9 Å². The van der Waals surface area contributed by atoms with Crippen molar-refractivity contribution in [2.24, 2.45) is 0 Å². The molecule has 0 spiro atoms. The van der Waals surface area contributed by atoms with Crippen LogP contribution in [0, 0.1) is 13.8 Å². The van der Waals surface area contributed by atoms with Gasteiger partial charge in [-0.3, -0.25) is 0 Å². The van der Waals surface area contributed by atoms with E-state index < -0.39 is 0 Å². The van der Waals surface area contributed by atoms with Crippen LogP contribution in [0.1, 0.15) is 29.9 Å². The van der Waals surface area contributed by atoms with Crippen molar-refractivity contribution in [3.8, 4) is 0 Å². The molecule has 5 heteroatoms. The monoisotopic (exact) mass is 296 g/mol. The van der Waals surface area contributed by atoms with Gasteiger partial charge >= 0.3 is 0 Å². The predicted molar refractivity (Wildman–Crippen MR) is 86.3 cm³/mol. The van der Waals surface area contributed by atoms with Gasteiger partial charge in [0.1, 0.15) is 23.6 Å². The summed E-state index contributed by atoms with van der Waals surface area (Å²) in [5, 5.41) is 1.19. The van der Waals surface area contributed by atoms with Gasteiger partial charge in [-0.25, -0.2) is 9.97 Å². The Labute approximate surface area is 129 Å². The number of nitrogens with zero attached hydrogens (tertiary/aromatic N) is 4. The van der Waals surface area contributed by atoms with E-state index in [0.29, 0.717) is 6.54 Å². The summed E-state index contributed by atoms with van der Waals surface area (Å²) in [7, 11) is 0. The number of fused-ring (bicyclic) bond motifs is 1. The van der Waals surface area contributed by atoms with Gasteiger partial charge in [0.05, 0.1) is 18.2 Å². The maximum absolute atomic E-state index is 5.51. The van der Waals surface area contributed by atoms with Crippen molar-refractivity contribution in [1.82, 2.24) is 14.5 Å². The highest BCUT2D eigenvalue weighted by atomic mass is 16.3. The first-order valence-electron chi connectivity index (χ1n) is 7.83. The molecular formula is C17H20N4O. The first-order valence-corrected chi connectivity index (χ1v) is 7.83. The Bertz CT molecular complexity index is 798. The molecule has 0 unspecified atom stereocenters. The summed E-state index contributed by atoms with van der Waals surface area (Å²) in [6.07, 6.45) is 5.90. The number of anilines is 1. The molecule has 0 radical (unpaired) electrons. The van der Waals surface area contributed by atoms with Crippen LogP contribution in [0.3, 0.4) is 0 Å². The molecule has 0 saturated carbocycles. The second-order valence-corrected chi connectivity index (χ2v) is 5.97. The SMILES string of the molecule is Cc1c(C)n(Cc2ccco2)c2ncnc(N3CCCC3)c12. The molecule has 4 rings (SSSR count). The molecule has 5 nitrogen and oxygen atoms in total. The van der Waals surface area contributed by atoms with Crippen molar-refractivity contribution in [3.05, 3.63) is 41.7 Å². The molecule has 1 aliphatic heterocycles. The highest BCUT2D eigenvalue weighted by Crippen LogP contribution is 2.32. The van der Waals surface area contributed by atoms with Crippen LogP contribution in [-0.4, -0.2) is 27.6 Å². The van der Waals surface area contributed by atoms with Crippen molar-refractivity contribution < 1.29 is 4.42 Å². The largest absolute Gasteiger partial charge is 0.467 e. The van der Waals surface area contributed by atoms with Gasteiger partial charge in [0.15, 0.2) is 0 Å². The Balaban J connectivity index is 1.88. The first-order chi connectivity index (χ1) is 10.8. The second-order valence-electron chi connectivity index (χ2n) is 5.97. The van der Waals surface area contributed by atoms with Gasteiger partial charge in [-0.15, -0.1) is 0 Å². The van der Waals surface area contributed by atoms with E-state index in [4.69, 9.17) is 4.42 Å². The smallest absolute Gasteiger partial charge is 0.146 e. The third kappa shape index (κ3) is 2.00. The molecule has 3 aromatic heterocycles. The van der Waals surface area contributed by atoms with Crippen LogP contribution >= 0.6 is 0 Å². The molecule has 1 fully saturated rings. The van der Waals surface area contributed by atoms with Gasteiger partial charge in [-0.1, -0.05) is 0 Å². The summed E-state index contributed by atoms with van der Waals surface area (Å²) >= 11 is 0. The van der Waals surface area contributed by atoms with E-state index in [2.05, 4.69) is 33.3 Å². The third-order valence-electron chi connectivity index (χ3n) is 4.69. The molecule has 0 amide bonds. The molecule has 0 aliphatic carbocycles. The topological polar surface area (TPSA) is 47.1 Å². The highest BCUT2D eigenvalue weighted by molar-refractivity contribution is 5.92. The zero-order valence-corrected chi connectivity index (χ0v) is 13.0. The maximum atomic E-state index is 5.51. The maximum Gasteiger partial charge on any atom is 0.146 e. The Morgan fingerprint density at radius 2 is 2.00 bits per heavy atom. The van der Waals surface area contributed by atoms with Crippen LogP contribution in [0.15, 0.2) is 29.1 Å². The van der Waals surface area contributed by atoms with E-state index in [9.17, 15) is 0 Å². The van der Waals surface area contributed by atoms with Gasteiger partial charge in [0.2, 0.25) is 0 Å². The summed E-state index contributed by atoms with van der Waals surface area (Å²) in [6, 6.07) is 3.93. The Kier molecular flexibility index (Phi) is 3.13. The lowest BCUT2D eigenvalue weighted by molar-refractivity contribution is 0.494. The Morgan fingerprint density at radius 3 is 2.73 bits per heavy atom. The first kappa shape index (κ1) is 13.4. The molecule has 1 aliphatic rings. The Morgan fingerprint density at radius 1 is 1.18 bits per heavy atom. The number of rotatable bonds is 3. The molecule has 4 heterocycles. The molecule has 0 atom stereocenters. The van der Waals surface area contributed by atoms with Crippen LogP contribution in [0.2, 0.25) is 0 Å². The average molecular weight is 296 g/mol. The summed E-state index contributed by atoms with van der Waals surface area (Å²) in [6.45, 7) is 7.20. The van der Waals surface area contributed by atoms with Gasteiger partial charge in [-0.2, -0.15) is 0 Å². The van der Waals surface area contributed by atoms with Crippen molar-refractivity contribution in [2.75, 3.05) is 18.0 Å². The summed E-state index contributed by atoms with van der Waals surface area (Å²) < 4.78 is 7.73. The molecule has 0 aromatic carbocycles. The molecule has 114 valence electrons. The minimum Gasteiger partial charge on any atom is -0.467 e. The van der Waals surface area contributed by atoms with Crippen LogP contribution in [0.25, 0.3) is 11.0 Å². The highest BCUT2D eigenvalue weighted by Gasteiger charge is 2.22. The lowest BCUT2D eigenvalue weighted by Crippen LogP contribution is -2.19. The van der Waals surface area contributed by atoms with Gasteiger partial charge in [0, 0.05) is 18.8 Å². The number of aromatic nitrogens is 3. The number of furan rings is 1. The normalized spacial score (nSPS) is 15.1. The van der Waals surface area contributed by atoms with Crippen molar-refractivity contribution in [1.29, 1.82) is 0 Å². The van der Waals surface area contributed by atoms with Crippen molar-refractivity contribution in [2.45, 2.75) is 33.2 Å². The van der Waals surface area contributed by atoms with E-state index in [1.54, 1.807) is 12.6 Å². The molecule has 3 aromatic rings. The Hall–Kier alpha value is -2.30. The van der Waals surface area contributed by atoms with Gasteiger partial charge in [0.25, 0.3) is 0 Å². The third-order valence-corrected chi connectivity index (χ3v) is 4.69. The standard InChI is InChI=1S/C17H20N4O/c1-12-13(2)21(10-14-6-5-9-22-14)17-15(12)16(18-11-19-17)20-7-3-4-8-20/h5-6,9,11H,3-4,7-8,10H2,1-2H3. The van der Waals surface area contributed by atoms with E-state index in [0.717, 1.165) is 30.3 Å². The second kappa shape index (κ2) is 5.16. The van der Waals surface area contributed by atoms with Crippen molar-refractivity contribution >= 4 is 16.9 Å². The minimum absolute atomic E-state index is 0.708. The average Bonchev–Trinajstić information content (AvgIpc) is 3.26. The number of aryl methyl sites for hydroxylation is 1. The van der Waals surface area contributed by atoms with Gasteiger partial charge in [-0.05, 0) is 44.4 Å². The lowest BCUT2D eigenvalue weighted by atomic mass is 10.2. The van der Waals surface area contributed by atoms with E-state index >= 15 is 0 Å². The quantitative estimate of drug-likeness (QED) is 0.744. The fourth-order valence-electron chi connectivity index (χ4n) is 3.37. The molecule has 0 N–H and O–H groups in total. The predicted octanol–water partition coefficient (Wildman–Crippen LogP) is 3.29. The van der Waals surface area contributed by atoms with Crippen LogP contribution in [-0.2, 0) is 6.54 Å². The van der Waals surface area contributed by atoms with E-state index in [1.165, 1.54) is 29.5 Å².